The van der Waals surface area contributed by atoms with Gasteiger partial charge in [-0.3, -0.25) is 0 Å². The summed E-state index contributed by atoms with van der Waals surface area (Å²) in [6.07, 6.45) is 2.09. The third-order valence-electron chi connectivity index (χ3n) is 3.89. The Hall–Kier alpha value is -1.91. The van der Waals surface area contributed by atoms with Crippen molar-refractivity contribution >= 4 is 9.84 Å². The number of benzene rings is 2. The van der Waals surface area contributed by atoms with Crippen LogP contribution in [-0.4, -0.2) is 20.2 Å². The minimum atomic E-state index is -3.37. The highest BCUT2D eigenvalue weighted by Gasteiger charge is 2.26. The van der Waals surface area contributed by atoms with E-state index in [-0.39, 0.29) is 6.04 Å². The van der Waals surface area contributed by atoms with Crippen LogP contribution in [0.15, 0.2) is 78.2 Å². The average molecular weight is 329 g/mol. The molecule has 0 radical (unpaired) electrons. The predicted octanol–water partition coefficient (Wildman–Crippen LogP) is 3.76. The molecule has 0 saturated carbocycles. The standard InChI is InChI=1S/C19H23NO2S/c1-3-10-19(23(21,22)18-13-8-5-9-14-18)15-20-16(2)17-11-6-4-7-12-17/h3-9,11-14,16,19-20H,1,10,15H2,2H3/t16-,19+/m1/s1. The highest BCUT2D eigenvalue weighted by Crippen LogP contribution is 2.19. The second-order valence-electron chi connectivity index (χ2n) is 5.55. The van der Waals surface area contributed by atoms with E-state index < -0.39 is 15.1 Å². The summed E-state index contributed by atoms with van der Waals surface area (Å²) >= 11 is 0. The summed E-state index contributed by atoms with van der Waals surface area (Å²) in [6, 6.07) is 18.7. The lowest BCUT2D eigenvalue weighted by atomic mass is 10.1. The molecule has 0 aliphatic carbocycles. The van der Waals surface area contributed by atoms with Crippen LogP contribution in [0.5, 0.6) is 0 Å². The van der Waals surface area contributed by atoms with Crippen molar-refractivity contribution in [1.29, 1.82) is 0 Å². The van der Waals surface area contributed by atoms with Gasteiger partial charge in [-0.25, -0.2) is 8.42 Å². The van der Waals surface area contributed by atoms with Crippen molar-refractivity contribution in [1.82, 2.24) is 5.32 Å². The molecular formula is C19H23NO2S. The third kappa shape index (κ3) is 4.53. The first-order valence-electron chi connectivity index (χ1n) is 7.74. The summed E-state index contributed by atoms with van der Waals surface area (Å²) in [6.45, 7) is 6.13. The number of nitrogens with one attached hydrogen (secondary N) is 1. The van der Waals surface area contributed by atoms with Gasteiger partial charge in [-0.05, 0) is 31.0 Å². The van der Waals surface area contributed by atoms with Crippen molar-refractivity contribution in [2.45, 2.75) is 29.5 Å². The minimum Gasteiger partial charge on any atom is -0.309 e. The summed E-state index contributed by atoms with van der Waals surface area (Å²) in [5, 5.41) is 2.81. The quantitative estimate of drug-likeness (QED) is 0.750. The molecule has 0 heterocycles. The van der Waals surface area contributed by atoms with Crippen LogP contribution in [-0.2, 0) is 9.84 Å². The largest absolute Gasteiger partial charge is 0.309 e. The van der Waals surface area contributed by atoms with Crippen LogP contribution in [0.3, 0.4) is 0 Å². The average Bonchev–Trinajstić information content (AvgIpc) is 2.59. The fraction of sp³-hybridized carbons (Fsp3) is 0.263. The van der Waals surface area contributed by atoms with Gasteiger partial charge < -0.3 is 5.32 Å². The zero-order valence-corrected chi connectivity index (χ0v) is 14.2. The molecule has 2 aromatic rings. The summed E-state index contributed by atoms with van der Waals surface area (Å²) in [4.78, 5) is 0.362. The number of hydrogen-bond donors (Lipinski definition) is 1. The smallest absolute Gasteiger partial charge is 0.182 e. The molecule has 4 heteroatoms. The van der Waals surface area contributed by atoms with Crippen LogP contribution >= 0.6 is 0 Å². The fourth-order valence-electron chi connectivity index (χ4n) is 2.48. The van der Waals surface area contributed by atoms with E-state index in [1.165, 1.54) is 0 Å². The van der Waals surface area contributed by atoms with Gasteiger partial charge >= 0.3 is 0 Å². The molecule has 0 spiro atoms. The van der Waals surface area contributed by atoms with Crippen LogP contribution in [0, 0.1) is 0 Å². The topological polar surface area (TPSA) is 46.2 Å². The molecule has 2 atom stereocenters. The van der Waals surface area contributed by atoms with Crippen LogP contribution < -0.4 is 5.32 Å². The molecule has 1 N–H and O–H groups in total. The lowest BCUT2D eigenvalue weighted by molar-refractivity contribution is 0.534. The first kappa shape index (κ1) is 17.4. The predicted molar refractivity (Wildman–Crippen MR) is 95.1 cm³/mol. The van der Waals surface area contributed by atoms with E-state index >= 15 is 0 Å². The molecule has 0 amide bonds. The third-order valence-corrected chi connectivity index (χ3v) is 6.06. The maximum absolute atomic E-state index is 12.8. The molecule has 23 heavy (non-hydrogen) atoms. The SMILES string of the molecule is C=CC[C@@H](CN[C@H](C)c1ccccc1)S(=O)(=O)c1ccccc1. The van der Waals surface area contributed by atoms with E-state index in [2.05, 4.69) is 11.9 Å². The van der Waals surface area contributed by atoms with Gasteiger partial charge in [-0.1, -0.05) is 54.6 Å². The molecule has 0 aliphatic rings. The van der Waals surface area contributed by atoms with E-state index in [1.54, 1.807) is 30.3 Å². The van der Waals surface area contributed by atoms with Crippen molar-refractivity contribution in [3.63, 3.8) is 0 Å². The van der Waals surface area contributed by atoms with Crippen LogP contribution in [0.4, 0.5) is 0 Å². The number of allylic oxidation sites excluding steroid dienone is 1. The molecule has 0 fully saturated rings. The highest BCUT2D eigenvalue weighted by atomic mass is 32.2. The maximum atomic E-state index is 12.8. The molecule has 0 aromatic heterocycles. The van der Waals surface area contributed by atoms with E-state index in [9.17, 15) is 8.42 Å². The van der Waals surface area contributed by atoms with Gasteiger partial charge in [-0.15, -0.1) is 6.58 Å². The normalized spacial score (nSPS) is 14.1. The van der Waals surface area contributed by atoms with Crippen LogP contribution in [0.25, 0.3) is 0 Å². The van der Waals surface area contributed by atoms with Gasteiger partial charge in [0.25, 0.3) is 0 Å². The first-order valence-corrected chi connectivity index (χ1v) is 9.28. The number of hydrogen-bond acceptors (Lipinski definition) is 3. The van der Waals surface area contributed by atoms with E-state index in [1.807, 2.05) is 43.3 Å². The minimum absolute atomic E-state index is 0.0921. The lowest BCUT2D eigenvalue weighted by Crippen LogP contribution is -2.34. The zero-order chi connectivity index (χ0) is 16.7. The van der Waals surface area contributed by atoms with Gasteiger partial charge in [-0.2, -0.15) is 0 Å². The van der Waals surface area contributed by atoms with Crippen LogP contribution in [0.1, 0.15) is 24.9 Å². The second-order valence-corrected chi connectivity index (χ2v) is 7.77. The zero-order valence-electron chi connectivity index (χ0n) is 13.4. The molecule has 3 nitrogen and oxygen atoms in total. The Bertz CT molecular complexity index is 712. The Balaban J connectivity index is 2.11. The van der Waals surface area contributed by atoms with E-state index in [0.717, 1.165) is 5.56 Å². The summed E-state index contributed by atoms with van der Waals surface area (Å²) in [5.41, 5.74) is 1.14. The fourth-order valence-corrected chi connectivity index (χ4v) is 4.10. The first-order chi connectivity index (χ1) is 11.1. The molecule has 0 aliphatic heterocycles. The van der Waals surface area contributed by atoms with Crippen molar-refractivity contribution in [3.05, 3.63) is 78.9 Å². The van der Waals surface area contributed by atoms with E-state index in [4.69, 9.17) is 0 Å². The number of sulfone groups is 1. The van der Waals surface area contributed by atoms with Gasteiger partial charge in [0.15, 0.2) is 9.84 Å². The van der Waals surface area contributed by atoms with Crippen molar-refractivity contribution in [3.8, 4) is 0 Å². The Labute approximate surface area is 139 Å². The van der Waals surface area contributed by atoms with Crippen molar-refractivity contribution in [2.24, 2.45) is 0 Å². The number of rotatable bonds is 8. The summed E-state index contributed by atoms with van der Waals surface area (Å²) in [7, 11) is -3.37. The molecule has 122 valence electrons. The maximum Gasteiger partial charge on any atom is 0.182 e. The van der Waals surface area contributed by atoms with Gasteiger partial charge in [0, 0.05) is 12.6 Å². The second kappa shape index (κ2) is 8.09. The summed E-state index contributed by atoms with van der Waals surface area (Å²) in [5.74, 6) is 0. The lowest BCUT2D eigenvalue weighted by Gasteiger charge is -2.20. The monoisotopic (exact) mass is 329 g/mol. The van der Waals surface area contributed by atoms with E-state index in [0.29, 0.717) is 17.9 Å². The Morgan fingerprint density at radius 1 is 1.04 bits per heavy atom. The molecule has 2 aromatic carbocycles. The molecule has 2 rings (SSSR count). The van der Waals surface area contributed by atoms with Gasteiger partial charge in [0.05, 0.1) is 10.1 Å². The van der Waals surface area contributed by atoms with Crippen LogP contribution in [0.2, 0.25) is 0 Å². The molecule has 0 bridgehead atoms. The summed E-state index contributed by atoms with van der Waals surface area (Å²) < 4.78 is 25.6. The Morgan fingerprint density at radius 2 is 1.61 bits per heavy atom. The molecule has 0 saturated heterocycles. The Morgan fingerprint density at radius 3 is 2.17 bits per heavy atom. The van der Waals surface area contributed by atoms with Gasteiger partial charge in [0.1, 0.15) is 0 Å². The van der Waals surface area contributed by atoms with Crippen molar-refractivity contribution < 1.29 is 8.42 Å². The molecular weight excluding hydrogens is 306 g/mol. The van der Waals surface area contributed by atoms with Gasteiger partial charge in [0.2, 0.25) is 0 Å². The Kier molecular flexibility index (Phi) is 6.13. The molecule has 0 unspecified atom stereocenters. The van der Waals surface area contributed by atoms with Crippen molar-refractivity contribution in [2.75, 3.05) is 6.54 Å². The highest BCUT2D eigenvalue weighted by molar-refractivity contribution is 7.92.